The van der Waals surface area contributed by atoms with E-state index in [0.717, 1.165) is 21.7 Å². The highest BCUT2D eigenvalue weighted by molar-refractivity contribution is 7.99. The third-order valence-corrected chi connectivity index (χ3v) is 4.61. The molecule has 0 aliphatic carbocycles. The summed E-state index contributed by atoms with van der Waals surface area (Å²) in [6, 6.07) is 15.0. The minimum absolute atomic E-state index is 0.135. The van der Waals surface area contributed by atoms with Crippen molar-refractivity contribution in [2.45, 2.75) is 23.6 Å². The second-order valence-electron chi connectivity index (χ2n) is 5.69. The first-order valence-corrected chi connectivity index (χ1v) is 8.92. The Bertz CT molecular complexity index is 883. The fraction of sp³-hybridized carbons (Fsp3) is 0.150. The summed E-state index contributed by atoms with van der Waals surface area (Å²) in [7, 11) is 1.65. The van der Waals surface area contributed by atoms with E-state index in [-0.39, 0.29) is 5.91 Å². The topological polar surface area (TPSA) is 64.1 Å². The maximum atomic E-state index is 12.4. The maximum absolute atomic E-state index is 12.4. The van der Waals surface area contributed by atoms with Gasteiger partial charge in [-0.05, 0) is 66.2 Å². The van der Waals surface area contributed by atoms with E-state index in [4.69, 9.17) is 4.74 Å². The lowest BCUT2D eigenvalue weighted by Gasteiger charge is -2.10. The summed E-state index contributed by atoms with van der Waals surface area (Å²) >= 11 is 1.49. The van der Waals surface area contributed by atoms with E-state index < -0.39 is 0 Å². The number of carbonyl (C=O) groups excluding carboxylic acids is 1. The Morgan fingerprint density at radius 3 is 2.50 bits per heavy atom. The van der Waals surface area contributed by atoms with Gasteiger partial charge in [-0.1, -0.05) is 12.1 Å². The second kappa shape index (κ2) is 8.60. The summed E-state index contributed by atoms with van der Waals surface area (Å²) in [4.78, 5) is 21.9. The molecule has 0 aliphatic rings. The van der Waals surface area contributed by atoms with Crippen molar-refractivity contribution in [3.63, 3.8) is 0 Å². The Balaban J connectivity index is 1.68. The smallest absolute Gasteiger partial charge is 0.255 e. The Kier molecular flexibility index (Phi) is 5.99. The Morgan fingerprint density at radius 2 is 1.85 bits per heavy atom. The molecule has 0 aliphatic heterocycles. The monoisotopic (exact) mass is 365 g/mol. The van der Waals surface area contributed by atoms with Crippen molar-refractivity contribution in [1.82, 2.24) is 9.97 Å². The fourth-order valence-electron chi connectivity index (χ4n) is 2.40. The van der Waals surface area contributed by atoms with E-state index in [0.29, 0.717) is 17.3 Å². The molecule has 6 heteroatoms. The van der Waals surface area contributed by atoms with Crippen LogP contribution in [0.5, 0.6) is 0 Å². The standard InChI is InChI=1S/C20H19N3O2S/c1-14-12-17(26-20-21-10-3-11-22-20)8-9-18(14)23-19(24)16-6-4-15(5-7-16)13-25-2/h3-12H,13H2,1-2H3,(H,23,24). The number of nitrogens with one attached hydrogen (secondary N) is 1. The van der Waals surface area contributed by atoms with Crippen LogP contribution in [0.15, 0.2) is 71.0 Å². The van der Waals surface area contributed by atoms with Gasteiger partial charge in [-0.2, -0.15) is 0 Å². The second-order valence-corrected chi connectivity index (χ2v) is 6.73. The number of rotatable bonds is 6. The highest BCUT2D eigenvalue weighted by Gasteiger charge is 2.09. The number of nitrogens with zero attached hydrogens (tertiary/aromatic N) is 2. The molecule has 2 aromatic carbocycles. The number of carbonyl (C=O) groups is 1. The molecule has 0 spiro atoms. The Hall–Kier alpha value is -2.70. The van der Waals surface area contributed by atoms with Crippen LogP contribution in [0.4, 0.5) is 5.69 Å². The van der Waals surface area contributed by atoms with E-state index in [1.54, 1.807) is 37.7 Å². The van der Waals surface area contributed by atoms with Crippen LogP contribution in [0.2, 0.25) is 0 Å². The molecule has 0 fully saturated rings. The average Bonchev–Trinajstić information content (AvgIpc) is 2.65. The number of ether oxygens (including phenoxy) is 1. The van der Waals surface area contributed by atoms with Gasteiger partial charge in [0.2, 0.25) is 0 Å². The van der Waals surface area contributed by atoms with Crippen molar-refractivity contribution in [3.8, 4) is 0 Å². The molecule has 5 nitrogen and oxygen atoms in total. The zero-order chi connectivity index (χ0) is 18.4. The minimum Gasteiger partial charge on any atom is -0.380 e. The molecule has 1 N–H and O–H groups in total. The lowest BCUT2D eigenvalue weighted by molar-refractivity contribution is 0.102. The molecule has 1 heterocycles. The van der Waals surface area contributed by atoms with Crippen LogP contribution in [-0.2, 0) is 11.3 Å². The van der Waals surface area contributed by atoms with Crippen molar-refractivity contribution in [2.75, 3.05) is 12.4 Å². The lowest BCUT2D eigenvalue weighted by Crippen LogP contribution is -2.12. The first-order chi connectivity index (χ1) is 12.7. The van der Waals surface area contributed by atoms with Gasteiger partial charge in [0.1, 0.15) is 0 Å². The molecule has 3 rings (SSSR count). The molecule has 0 saturated carbocycles. The number of aryl methyl sites for hydroxylation is 1. The number of methoxy groups -OCH3 is 1. The van der Waals surface area contributed by atoms with Gasteiger partial charge in [-0.25, -0.2) is 9.97 Å². The highest BCUT2D eigenvalue weighted by Crippen LogP contribution is 2.28. The molecule has 0 atom stereocenters. The molecule has 1 aromatic heterocycles. The first kappa shape index (κ1) is 18.1. The van der Waals surface area contributed by atoms with Crippen LogP contribution in [0.1, 0.15) is 21.5 Å². The normalized spacial score (nSPS) is 10.5. The van der Waals surface area contributed by atoms with E-state index in [9.17, 15) is 4.79 Å². The van der Waals surface area contributed by atoms with Gasteiger partial charge in [-0.15, -0.1) is 0 Å². The third kappa shape index (κ3) is 4.68. The van der Waals surface area contributed by atoms with Crippen LogP contribution < -0.4 is 5.32 Å². The molecule has 0 unspecified atom stereocenters. The van der Waals surface area contributed by atoms with Gasteiger partial charge in [-0.3, -0.25) is 4.79 Å². The van der Waals surface area contributed by atoms with Gasteiger partial charge < -0.3 is 10.1 Å². The maximum Gasteiger partial charge on any atom is 0.255 e. The molecular weight excluding hydrogens is 346 g/mol. The lowest BCUT2D eigenvalue weighted by atomic mass is 10.1. The van der Waals surface area contributed by atoms with Crippen molar-refractivity contribution in [3.05, 3.63) is 77.6 Å². The molecule has 3 aromatic rings. The number of amides is 1. The minimum atomic E-state index is -0.135. The molecule has 1 amide bonds. The van der Waals surface area contributed by atoms with Crippen molar-refractivity contribution in [2.24, 2.45) is 0 Å². The summed E-state index contributed by atoms with van der Waals surface area (Å²) < 4.78 is 5.08. The van der Waals surface area contributed by atoms with Crippen LogP contribution >= 0.6 is 11.8 Å². The number of hydrogen-bond donors (Lipinski definition) is 1. The van der Waals surface area contributed by atoms with Gasteiger partial charge in [0.05, 0.1) is 6.61 Å². The van der Waals surface area contributed by atoms with E-state index in [1.165, 1.54) is 11.8 Å². The SMILES string of the molecule is COCc1ccc(C(=O)Nc2ccc(Sc3ncccn3)cc2C)cc1. The van der Waals surface area contributed by atoms with Crippen molar-refractivity contribution in [1.29, 1.82) is 0 Å². The zero-order valence-electron chi connectivity index (χ0n) is 14.6. The van der Waals surface area contributed by atoms with Crippen molar-refractivity contribution < 1.29 is 9.53 Å². The number of anilines is 1. The third-order valence-electron chi connectivity index (χ3n) is 3.72. The average molecular weight is 365 g/mol. The molecular formula is C20H19N3O2S. The van der Waals surface area contributed by atoms with Gasteiger partial charge in [0, 0.05) is 35.6 Å². The fourth-order valence-corrected chi connectivity index (χ4v) is 3.21. The predicted octanol–water partition coefficient (Wildman–Crippen LogP) is 4.33. The largest absolute Gasteiger partial charge is 0.380 e. The first-order valence-electron chi connectivity index (χ1n) is 8.10. The number of hydrogen-bond acceptors (Lipinski definition) is 5. The highest BCUT2D eigenvalue weighted by atomic mass is 32.2. The van der Waals surface area contributed by atoms with Gasteiger partial charge in [0.25, 0.3) is 5.91 Å². The van der Waals surface area contributed by atoms with Crippen LogP contribution in [0.25, 0.3) is 0 Å². The quantitative estimate of drug-likeness (QED) is 0.659. The summed E-state index contributed by atoms with van der Waals surface area (Å²) in [6.45, 7) is 2.50. The molecule has 132 valence electrons. The van der Waals surface area contributed by atoms with E-state index in [2.05, 4.69) is 15.3 Å². The molecule has 26 heavy (non-hydrogen) atoms. The molecule has 0 radical (unpaired) electrons. The van der Waals surface area contributed by atoms with Gasteiger partial charge >= 0.3 is 0 Å². The van der Waals surface area contributed by atoms with Crippen LogP contribution in [0, 0.1) is 6.92 Å². The molecule has 0 bridgehead atoms. The number of benzene rings is 2. The predicted molar refractivity (Wildman–Crippen MR) is 102 cm³/mol. The van der Waals surface area contributed by atoms with Crippen LogP contribution in [-0.4, -0.2) is 23.0 Å². The van der Waals surface area contributed by atoms with Crippen LogP contribution in [0.3, 0.4) is 0 Å². The summed E-state index contributed by atoms with van der Waals surface area (Å²) in [5.41, 5.74) is 3.41. The Morgan fingerprint density at radius 1 is 1.12 bits per heavy atom. The van der Waals surface area contributed by atoms with E-state index >= 15 is 0 Å². The summed E-state index contributed by atoms with van der Waals surface area (Å²) in [5.74, 6) is -0.135. The summed E-state index contributed by atoms with van der Waals surface area (Å²) in [6.07, 6.45) is 3.43. The Labute approximate surface area is 156 Å². The van der Waals surface area contributed by atoms with E-state index in [1.807, 2.05) is 37.3 Å². The molecule has 0 saturated heterocycles. The van der Waals surface area contributed by atoms with Crippen molar-refractivity contribution >= 4 is 23.4 Å². The number of aromatic nitrogens is 2. The van der Waals surface area contributed by atoms with Gasteiger partial charge in [0.15, 0.2) is 5.16 Å². The summed E-state index contributed by atoms with van der Waals surface area (Å²) in [5, 5.41) is 3.65. The zero-order valence-corrected chi connectivity index (χ0v) is 15.4.